The lowest BCUT2D eigenvalue weighted by molar-refractivity contribution is 0.102. The molecular formula is C21H22N2O2S. The summed E-state index contributed by atoms with van der Waals surface area (Å²) in [6, 6.07) is 9.84. The first-order valence-electron chi connectivity index (χ1n) is 8.51. The summed E-state index contributed by atoms with van der Waals surface area (Å²) in [6.07, 6.45) is 0. The molecule has 3 aromatic rings. The van der Waals surface area contributed by atoms with Gasteiger partial charge in [0.25, 0.3) is 5.22 Å². The van der Waals surface area contributed by atoms with E-state index in [1.807, 2.05) is 51.1 Å². The molecule has 0 atom stereocenters. The van der Waals surface area contributed by atoms with Gasteiger partial charge in [-0.2, -0.15) is 0 Å². The van der Waals surface area contributed by atoms with E-state index in [1.54, 1.807) is 0 Å². The highest BCUT2D eigenvalue weighted by Gasteiger charge is 2.16. The topological polar surface area (TPSA) is 56.0 Å². The summed E-state index contributed by atoms with van der Waals surface area (Å²) in [7, 11) is 0. The minimum Gasteiger partial charge on any atom is -0.411 e. The number of nitrogens with zero attached hydrogens (tertiary/aromatic N) is 2. The summed E-state index contributed by atoms with van der Waals surface area (Å²) in [6.45, 7) is 10.2. The Kier molecular flexibility index (Phi) is 5.28. The van der Waals surface area contributed by atoms with Gasteiger partial charge in [-0.05, 0) is 74.6 Å². The highest BCUT2D eigenvalue weighted by molar-refractivity contribution is 7.99. The highest BCUT2D eigenvalue weighted by atomic mass is 32.2. The summed E-state index contributed by atoms with van der Waals surface area (Å²) < 4.78 is 5.72. The standard InChI is InChI=1S/C21H22N2O2S/c1-12-8-6-7-9-17(12)20-22-23-21(25-20)26-11-19(24)18-10-13(2)14(3)15(4)16(18)5/h6-10H,11H2,1-5H3. The Balaban J connectivity index is 1.74. The van der Waals surface area contributed by atoms with Crippen molar-refractivity contribution in [2.24, 2.45) is 0 Å². The number of rotatable bonds is 5. The van der Waals surface area contributed by atoms with Crippen LogP contribution in [0.15, 0.2) is 40.0 Å². The van der Waals surface area contributed by atoms with E-state index in [9.17, 15) is 4.79 Å². The number of hydrogen-bond donors (Lipinski definition) is 0. The third kappa shape index (κ3) is 3.58. The molecule has 0 aliphatic rings. The van der Waals surface area contributed by atoms with Crippen molar-refractivity contribution >= 4 is 17.5 Å². The first kappa shape index (κ1) is 18.4. The van der Waals surface area contributed by atoms with E-state index in [4.69, 9.17) is 4.42 Å². The van der Waals surface area contributed by atoms with Crippen molar-refractivity contribution in [2.45, 2.75) is 39.8 Å². The molecule has 0 aliphatic heterocycles. The fraction of sp³-hybridized carbons (Fsp3) is 0.286. The van der Waals surface area contributed by atoms with Crippen molar-refractivity contribution in [3.05, 3.63) is 63.7 Å². The van der Waals surface area contributed by atoms with Crippen LogP contribution in [0.5, 0.6) is 0 Å². The summed E-state index contributed by atoms with van der Waals surface area (Å²) in [5.74, 6) is 0.837. The van der Waals surface area contributed by atoms with E-state index in [2.05, 4.69) is 24.0 Å². The van der Waals surface area contributed by atoms with Crippen LogP contribution in [0.4, 0.5) is 0 Å². The molecule has 1 heterocycles. The van der Waals surface area contributed by atoms with Crippen molar-refractivity contribution in [3.8, 4) is 11.5 Å². The van der Waals surface area contributed by atoms with Gasteiger partial charge in [-0.1, -0.05) is 30.0 Å². The van der Waals surface area contributed by atoms with Gasteiger partial charge in [0, 0.05) is 11.1 Å². The maximum absolute atomic E-state index is 12.7. The summed E-state index contributed by atoms with van der Waals surface area (Å²) in [5.41, 5.74) is 7.37. The van der Waals surface area contributed by atoms with Crippen LogP contribution >= 0.6 is 11.8 Å². The largest absolute Gasteiger partial charge is 0.411 e. The number of benzene rings is 2. The molecule has 1 aromatic heterocycles. The van der Waals surface area contributed by atoms with Gasteiger partial charge in [0.05, 0.1) is 5.75 Å². The molecule has 5 heteroatoms. The molecule has 0 saturated heterocycles. The molecule has 0 aliphatic carbocycles. The van der Waals surface area contributed by atoms with Crippen molar-refractivity contribution in [2.75, 3.05) is 5.75 Å². The Labute approximate surface area is 158 Å². The lowest BCUT2D eigenvalue weighted by atomic mass is 9.93. The third-order valence-electron chi connectivity index (χ3n) is 4.89. The van der Waals surface area contributed by atoms with Crippen LogP contribution in [0.2, 0.25) is 0 Å². The number of ketones is 1. The number of Topliss-reactive ketones (excluding diaryl/α,β-unsaturated/α-hetero) is 1. The van der Waals surface area contributed by atoms with Crippen LogP contribution in [0, 0.1) is 34.6 Å². The average molecular weight is 366 g/mol. The van der Waals surface area contributed by atoms with Crippen molar-refractivity contribution in [1.82, 2.24) is 10.2 Å². The lowest BCUT2D eigenvalue weighted by Crippen LogP contribution is -2.08. The Bertz CT molecular complexity index is 976. The Morgan fingerprint density at radius 2 is 1.69 bits per heavy atom. The summed E-state index contributed by atoms with van der Waals surface area (Å²) >= 11 is 1.28. The summed E-state index contributed by atoms with van der Waals surface area (Å²) in [5, 5.41) is 8.58. The fourth-order valence-corrected chi connectivity index (χ4v) is 3.54. The fourth-order valence-electron chi connectivity index (χ4n) is 2.90. The second kappa shape index (κ2) is 7.46. The van der Waals surface area contributed by atoms with Crippen LogP contribution in [0.25, 0.3) is 11.5 Å². The highest BCUT2D eigenvalue weighted by Crippen LogP contribution is 2.27. The number of carbonyl (C=O) groups excluding carboxylic acids is 1. The van der Waals surface area contributed by atoms with Gasteiger partial charge >= 0.3 is 0 Å². The van der Waals surface area contributed by atoms with Crippen LogP contribution in [-0.2, 0) is 0 Å². The Morgan fingerprint density at radius 1 is 0.962 bits per heavy atom. The molecule has 4 nitrogen and oxygen atoms in total. The van der Waals surface area contributed by atoms with Gasteiger partial charge in [-0.25, -0.2) is 0 Å². The second-order valence-corrected chi connectivity index (χ2v) is 7.44. The normalized spacial score (nSPS) is 11.0. The van der Waals surface area contributed by atoms with Crippen molar-refractivity contribution < 1.29 is 9.21 Å². The van der Waals surface area contributed by atoms with Gasteiger partial charge in [0.1, 0.15) is 0 Å². The molecule has 0 bridgehead atoms. The van der Waals surface area contributed by atoms with Crippen LogP contribution < -0.4 is 0 Å². The molecule has 0 fully saturated rings. The Morgan fingerprint density at radius 3 is 2.42 bits per heavy atom. The summed E-state index contributed by atoms with van der Waals surface area (Å²) in [4.78, 5) is 12.7. The lowest BCUT2D eigenvalue weighted by Gasteiger charge is -2.13. The molecule has 3 rings (SSSR count). The van der Waals surface area contributed by atoms with Crippen LogP contribution in [0.1, 0.15) is 38.2 Å². The predicted octanol–water partition coefficient (Wildman–Crippen LogP) is 5.25. The molecule has 0 unspecified atom stereocenters. The molecule has 0 radical (unpaired) electrons. The first-order valence-corrected chi connectivity index (χ1v) is 9.50. The van der Waals surface area contributed by atoms with Crippen molar-refractivity contribution in [3.63, 3.8) is 0 Å². The predicted molar refractivity (Wildman–Crippen MR) is 105 cm³/mol. The Hall–Kier alpha value is -2.40. The molecule has 26 heavy (non-hydrogen) atoms. The average Bonchev–Trinajstić information content (AvgIpc) is 3.10. The van der Waals surface area contributed by atoms with Crippen LogP contribution in [0.3, 0.4) is 0 Å². The molecule has 0 amide bonds. The van der Waals surface area contributed by atoms with Gasteiger partial charge in [-0.15, -0.1) is 10.2 Å². The van der Waals surface area contributed by atoms with E-state index in [0.717, 1.165) is 27.8 Å². The number of aromatic nitrogens is 2. The molecule has 2 aromatic carbocycles. The number of carbonyl (C=O) groups is 1. The number of thioether (sulfide) groups is 1. The maximum Gasteiger partial charge on any atom is 0.277 e. The van der Waals surface area contributed by atoms with Gasteiger partial charge in [0.2, 0.25) is 5.89 Å². The quantitative estimate of drug-likeness (QED) is 0.456. The molecular weight excluding hydrogens is 344 g/mol. The number of aryl methyl sites for hydroxylation is 2. The van der Waals surface area contributed by atoms with Gasteiger partial charge in [0.15, 0.2) is 5.78 Å². The monoisotopic (exact) mass is 366 g/mol. The second-order valence-electron chi connectivity index (χ2n) is 6.52. The van der Waals surface area contributed by atoms with E-state index in [0.29, 0.717) is 11.1 Å². The SMILES string of the molecule is Cc1ccccc1-c1nnc(SCC(=O)c2cc(C)c(C)c(C)c2C)o1. The maximum atomic E-state index is 12.7. The molecule has 0 saturated carbocycles. The third-order valence-corrected chi connectivity index (χ3v) is 5.71. The molecule has 0 spiro atoms. The zero-order valence-electron chi connectivity index (χ0n) is 15.7. The van der Waals surface area contributed by atoms with E-state index < -0.39 is 0 Å². The van der Waals surface area contributed by atoms with E-state index in [1.165, 1.54) is 22.9 Å². The van der Waals surface area contributed by atoms with Gasteiger partial charge in [-0.3, -0.25) is 4.79 Å². The number of hydrogen-bond acceptors (Lipinski definition) is 5. The van der Waals surface area contributed by atoms with E-state index in [-0.39, 0.29) is 11.5 Å². The minimum absolute atomic E-state index is 0.0781. The minimum atomic E-state index is 0.0781. The smallest absolute Gasteiger partial charge is 0.277 e. The van der Waals surface area contributed by atoms with Crippen molar-refractivity contribution in [1.29, 1.82) is 0 Å². The molecule has 134 valence electrons. The van der Waals surface area contributed by atoms with Gasteiger partial charge < -0.3 is 4.42 Å². The first-order chi connectivity index (χ1) is 12.4. The van der Waals surface area contributed by atoms with E-state index >= 15 is 0 Å². The van der Waals surface area contributed by atoms with Crippen LogP contribution in [-0.4, -0.2) is 21.7 Å². The zero-order chi connectivity index (χ0) is 18.8. The molecule has 0 N–H and O–H groups in total. The zero-order valence-corrected chi connectivity index (χ0v) is 16.5.